The fraction of sp³-hybridized carbons (Fsp3) is 0.500. The minimum Gasteiger partial charge on any atom is -0.339 e. The molecule has 1 aliphatic carbocycles. The molecule has 1 amide bonds. The van der Waals surface area contributed by atoms with Crippen molar-refractivity contribution in [3.63, 3.8) is 0 Å². The predicted octanol–water partition coefficient (Wildman–Crippen LogP) is 3.94. The lowest BCUT2D eigenvalue weighted by Gasteiger charge is -2.34. The molecule has 1 aromatic carbocycles. The Morgan fingerprint density at radius 2 is 1.79 bits per heavy atom. The number of carbonyl (C=O) groups is 1. The number of benzene rings is 1. The summed E-state index contributed by atoms with van der Waals surface area (Å²) in [6.07, 6.45) is -0.805. The normalized spacial score (nSPS) is 17.9. The van der Waals surface area contributed by atoms with E-state index in [0.29, 0.717) is 42.9 Å². The summed E-state index contributed by atoms with van der Waals surface area (Å²) in [6.45, 7) is 3.26. The number of carbonyl (C=O) groups excluding carboxylic acids is 1. The van der Waals surface area contributed by atoms with E-state index in [1.165, 1.54) is 16.8 Å². The number of amides is 1. The molecule has 4 rings (SSSR count). The monoisotopic (exact) mass is 470 g/mol. The van der Waals surface area contributed by atoms with Gasteiger partial charge in [-0.15, -0.1) is 0 Å². The van der Waals surface area contributed by atoms with Crippen LogP contribution in [0, 0.1) is 5.82 Å². The second-order valence-electron chi connectivity index (χ2n) is 7.60. The first kappa shape index (κ1) is 20.4. The third kappa shape index (κ3) is 4.66. The number of piperazine rings is 1. The van der Waals surface area contributed by atoms with Crippen LogP contribution in [-0.4, -0.2) is 51.7 Å². The third-order valence-corrected chi connectivity index (χ3v) is 6.27. The van der Waals surface area contributed by atoms with Gasteiger partial charge in [0.15, 0.2) is 0 Å². The summed E-state index contributed by atoms with van der Waals surface area (Å²) in [5.41, 5.74) is 1.45. The average molecular weight is 471 g/mol. The first-order chi connectivity index (χ1) is 13.9. The van der Waals surface area contributed by atoms with Crippen LogP contribution in [0.2, 0.25) is 0 Å². The fourth-order valence-corrected chi connectivity index (χ4v) is 4.49. The maximum absolute atomic E-state index is 13.2. The largest absolute Gasteiger partial charge is 0.339 e. The van der Waals surface area contributed by atoms with Crippen LogP contribution < -0.4 is 0 Å². The molecular formula is C20H22BrF3N4O. The minimum atomic E-state index is -2.67. The van der Waals surface area contributed by atoms with Crippen molar-refractivity contribution in [1.29, 1.82) is 0 Å². The van der Waals surface area contributed by atoms with Crippen LogP contribution in [0.15, 0.2) is 28.7 Å². The van der Waals surface area contributed by atoms with Gasteiger partial charge < -0.3 is 4.90 Å². The summed E-state index contributed by atoms with van der Waals surface area (Å²) >= 11 is 3.25. The minimum absolute atomic E-state index is 0.0187. The first-order valence-corrected chi connectivity index (χ1v) is 10.5. The first-order valence-electron chi connectivity index (χ1n) is 9.71. The van der Waals surface area contributed by atoms with Gasteiger partial charge >= 0.3 is 0 Å². The van der Waals surface area contributed by atoms with Gasteiger partial charge in [0.1, 0.15) is 18.1 Å². The van der Waals surface area contributed by atoms with Crippen molar-refractivity contribution in [2.24, 2.45) is 0 Å². The second kappa shape index (κ2) is 8.47. The Morgan fingerprint density at radius 1 is 1.14 bits per heavy atom. The van der Waals surface area contributed by atoms with Gasteiger partial charge in [-0.1, -0.05) is 12.1 Å². The van der Waals surface area contributed by atoms with Gasteiger partial charge in [-0.05, 0) is 46.5 Å². The average Bonchev–Trinajstić information content (AvgIpc) is 3.47. The van der Waals surface area contributed by atoms with Crippen LogP contribution in [0.3, 0.4) is 0 Å². The molecule has 1 saturated carbocycles. The molecule has 1 aromatic heterocycles. The predicted molar refractivity (Wildman–Crippen MR) is 105 cm³/mol. The summed E-state index contributed by atoms with van der Waals surface area (Å²) in [4.78, 5) is 16.7. The van der Waals surface area contributed by atoms with Gasteiger partial charge in [-0.2, -0.15) is 5.10 Å². The lowest BCUT2D eigenvalue weighted by Crippen LogP contribution is -2.49. The summed E-state index contributed by atoms with van der Waals surface area (Å²) in [7, 11) is 0. The molecule has 5 nitrogen and oxygen atoms in total. The van der Waals surface area contributed by atoms with Crippen molar-refractivity contribution >= 4 is 21.8 Å². The molecule has 0 unspecified atom stereocenters. The van der Waals surface area contributed by atoms with Crippen LogP contribution in [0.1, 0.15) is 42.1 Å². The highest BCUT2D eigenvalue weighted by molar-refractivity contribution is 9.10. The van der Waals surface area contributed by atoms with E-state index in [-0.39, 0.29) is 29.9 Å². The van der Waals surface area contributed by atoms with E-state index in [4.69, 9.17) is 0 Å². The number of hydrogen-bond acceptors (Lipinski definition) is 3. The number of rotatable bonds is 6. The summed E-state index contributed by atoms with van der Waals surface area (Å²) in [6, 6.07) is 6.43. The standard InChI is InChI=1S/C20H22BrF3N4O/c21-17-18(20(23)24)25-28(19(17)14-3-4-14)12-16(29)27-9-7-26(8-10-27)11-13-1-5-15(22)6-2-13/h1-2,5-6,14,20H,3-4,7-12H2. The maximum Gasteiger partial charge on any atom is 0.283 e. The van der Waals surface area contributed by atoms with Crippen molar-refractivity contribution in [2.75, 3.05) is 26.2 Å². The van der Waals surface area contributed by atoms with Crippen molar-refractivity contribution < 1.29 is 18.0 Å². The van der Waals surface area contributed by atoms with Crippen LogP contribution in [0.4, 0.5) is 13.2 Å². The van der Waals surface area contributed by atoms with Crippen molar-refractivity contribution in [3.8, 4) is 0 Å². The van der Waals surface area contributed by atoms with E-state index < -0.39 is 6.43 Å². The highest BCUT2D eigenvalue weighted by atomic mass is 79.9. The highest BCUT2D eigenvalue weighted by Gasteiger charge is 2.34. The molecular weight excluding hydrogens is 449 g/mol. The lowest BCUT2D eigenvalue weighted by atomic mass is 10.2. The Labute approximate surface area is 175 Å². The van der Waals surface area contributed by atoms with Crippen molar-refractivity contribution in [3.05, 3.63) is 51.5 Å². The fourth-order valence-electron chi connectivity index (χ4n) is 3.71. The van der Waals surface area contributed by atoms with Gasteiger partial charge in [0.25, 0.3) is 6.43 Å². The Hall–Kier alpha value is -1.87. The molecule has 2 fully saturated rings. The zero-order chi connectivity index (χ0) is 20.5. The van der Waals surface area contributed by atoms with Crippen molar-refractivity contribution in [2.45, 2.75) is 38.3 Å². The Morgan fingerprint density at radius 3 is 2.38 bits per heavy atom. The zero-order valence-corrected chi connectivity index (χ0v) is 17.4. The SMILES string of the molecule is O=C(Cn1nc(C(F)F)c(Br)c1C1CC1)N1CCN(Cc2ccc(F)cc2)CC1. The Bertz CT molecular complexity index is 875. The van der Waals surface area contributed by atoms with E-state index in [1.54, 1.807) is 17.0 Å². The molecule has 2 heterocycles. The number of hydrogen-bond donors (Lipinski definition) is 0. The van der Waals surface area contributed by atoms with Crippen LogP contribution >= 0.6 is 15.9 Å². The van der Waals surface area contributed by atoms with E-state index in [2.05, 4.69) is 25.9 Å². The molecule has 1 aliphatic heterocycles. The molecule has 9 heteroatoms. The van der Waals surface area contributed by atoms with Crippen molar-refractivity contribution in [1.82, 2.24) is 19.6 Å². The maximum atomic E-state index is 13.2. The third-order valence-electron chi connectivity index (χ3n) is 5.46. The second-order valence-corrected chi connectivity index (χ2v) is 8.39. The van der Waals surface area contributed by atoms with Crippen LogP contribution in [0.5, 0.6) is 0 Å². The lowest BCUT2D eigenvalue weighted by molar-refractivity contribution is -0.133. The quantitative estimate of drug-likeness (QED) is 0.641. The number of halogens is 4. The smallest absolute Gasteiger partial charge is 0.283 e. The number of aromatic nitrogens is 2. The number of alkyl halides is 2. The van der Waals surface area contributed by atoms with E-state index >= 15 is 0 Å². The topological polar surface area (TPSA) is 41.4 Å². The van der Waals surface area contributed by atoms with Gasteiger partial charge in [0, 0.05) is 38.6 Å². The Balaban J connectivity index is 1.35. The van der Waals surface area contributed by atoms with E-state index in [9.17, 15) is 18.0 Å². The van der Waals surface area contributed by atoms with Crippen LogP contribution in [0.25, 0.3) is 0 Å². The summed E-state index contributed by atoms with van der Waals surface area (Å²) in [5.74, 6) is -0.163. The van der Waals surface area contributed by atoms with Gasteiger partial charge in [0.2, 0.25) is 5.91 Å². The highest BCUT2D eigenvalue weighted by Crippen LogP contribution is 2.45. The molecule has 0 N–H and O–H groups in total. The molecule has 2 aliphatic rings. The van der Waals surface area contributed by atoms with Gasteiger partial charge in [-0.25, -0.2) is 13.2 Å². The summed E-state index contributed by atoms with van der Waals surface area (Å²) < 4.78 is 41.2. The van der Waals surface area contributed by atoms with Gasteiger partial charge in [-0.3, -0.25) is 14.4 Å². The van der Waals surface area contributed by atoms with E-state index in [0.717, 1.165) is 18.4 Å². The van der Waals surface area contributed by atoms with E-state index in [1.807, 2.05) is 0 Å². The zero-order valence-electron chi connectivity index (χ0n) is 15.8. The molecule has 0 radical (unpaired) electrons. The molecule has 29 heavy (non-hydrogen) atoms. The molecule has 2 aromatic rings. The van der Waals surface area contributed by atoms with Gasteiger partial charge in [0.05, 0.1) is 10.2 Å². The molecule has 0 spiro atoms. The van der Waals surface area contributed by atoms with Crippen LogP contribution in [-0.2, 0) is 17.9 Å². The molecule has 1 saturated heterocycles. The number of nitrogens with zero attached hydrogens (tertiary/aromatic N) is 4. The molecule has 156 valence electrons. The molecule has 0 bridgehead atoms. The summed E-state index contributed by atoms with van der Waals surface area (Å²) in [5, 5.41) is 4.01. The molecule has 0 atom stereocenters. The Kier molecular flexibility index (Phi) is 5.96.